The molecular weight excluding hydrogens is 1070 g/mol. The molecule has 3 atom stereocenters. The maximum absolute atomic E-state index is 13.9. The lowest BCUT2D eigenvalue weighted by Gasteiger charge is -2.44. The Morgan fingerprint density at radius 2 is 1.45 bits per heavy atom. The van der Waals surface area contributed by atoms with E-state index in [4.69, 9.17) is 14.2 Å². The highest BCUT2D eigenvalue weighted by molar-refractivity contribution is 5.96. The number of carbonyl (C=O) groups excluding carboxylic acids is 5. The number of nitrogens with one attached hydrogen (secondary N) is 2. The molecule has 5 aromatic rings. The number of benzene rings is 5. The van der Waals surface area contributed by atoms with Gasteiger partial charge >= 0.3 is 6.09 Å². The van der Waals surface area contributed by atoms with Crippen LogP contribution in [0.5, 0.6) is 0 Å². The summed E-state index contributed by atoms with van der Waals surface area (Å²) in [6.45, 7) is 7.11. The van der Waals surface area contributed by atoms with Crippen LogP contribution in [0.25, 0.3) is 11.1 Å². The van der Waals surface area contributed by atoms with E-state index >= 15 is 0 Å². The van der Waals surface area contributed by atoms with Crippen molar-refractivity contribution in [3.63, 3.8) is 0 Å². The van der Waals surface area contributed by atoms with Crippen molar-refractivity contribution in [1.82, 2.24) is 29.4 Å². The van der Waals surface area contributed by atoms with Gasteiger partial charge in [0.15, 0.2) is 0 Å². The van der Waals surface area contributed by atoms with E-state index in [0.29, 0.717) is 88.1 Å². The fourth-order valence-electron chi connectivity index (χ4n) is 12.4. The number of nitrogens with zero attached hydrogens (tertiary/aromatic N) is 6. The molecule has 5 amide bonds. The number of halogens is 1. The number of hydrogen-bond donors (Lipinski definition) is 3. The van der Waals surface area contributed by atoms with E-state index in [0.717, 1.165) is 81.6 Å². The molecule has 1 spiro atoms. The number of aliphatic hydroxyl groups is 1. The molecule has 3 fully saturated rings. The highest BCUT2D eigenvalue weighted by atomic mass is 19.1. The second-order valence-corrected chi connectivity index (χ2v) is 23.2. The first kappa shape index (κ1) is 61.5. The number of aliphatic hydroxyl groups excluding tert-OH is 1. The van der Waals surface area contributed by atoms with Crippen LogP contribution in [0.2, 0.25) is 0 Å². The maximum atomic E-state index is 13.9. The Morgan fingerprint density at radius 1 is 0.762 bits per heavy atom. The van der Waals surface area contributed by atoms with Gasteiger partial charge in [0.25, 0.3) is 5.91 Å². The van der Waals surface area contributed by atoms with Crippen LogP contribution in [0.1, 0.15) is 91.3 Å². The van der Waals surface area contributed by atoms with Crippen LogP contribution in [0.15, 0.2) is 127 Å². The lowest BCUT2D eigenvalue weighted by molar-refractivity contribution is -0.130. The third-order valence-electron chi connectivity index (χ3n) is 17.6. The number of carbonyl (C=O) groups is 5. The fraction of sp³-hybridized carbons (Fsp3) is 0.470. The average Bonchev–Trinajstić information content (AvgIpc) is 3.32. The van der Waals surface area contributed by atoms with Crippen molar-refractivity contribution >= 4 is 41.6 Å². The number of para-hydroxylation sites is 1. The minimum absolute atomic E-state index is 0.0354. The van der Waals surface area contributed by atoms with E-state index in [1.165, 1.54) is 23.3 Å². The monoisotopic (exact) mass is 1150 g/mol. The fourth-order valence-corrected chi connectivity index (χ4v) is 12.4. The summed E-state index contributed by atoms with van der Waals surface area (Å²) in [5.74, 6) is -0.578. The molecule has 0 saturated carbocycles. The van der Waals surface area contributed by atoms with E-state index in [-0.39, 0.29) is 60.9 Å². The average molecular weight is 1150 g/mol. The van der Waals surface area contributed by atoms with Crippen molar-refractivity contribution < 1.29 is 47.7 Å². The van der Waals surface area contributed by atoms with Crippen LogP contribution in [0.4, 0.5) is 20.6 Å². The van der Waals surface area contributed by atoms with Gasteiger partial charge in [-0.15, -0.1) is 0 Å². The van der Waals surface area contributed by atoms with E-state index in [1.807, 2.05) is 73.6 Å². The van der Waals surface area contributed by atoms with Crippen molar-refractivity contribution in [3.05, 3.63) is 155 Å². The number of ether oxygens (including phenoxy) is 3. The summed E-state index contributed by atoms with van der Waals surface area (Å²) < 4.78 is 32.6. The van der Waals surface area contributed by atoms with Gasteiger partial charge in [-0.2, -0.15) is 0 Å². The summed E-state index contributed by atoms with van der Waals surface area (Å²) in [6.07, 6.45) is 6.30. The number of anilines is 2. The Bertz CT molecular complexity index is 2970. The molecule has 448 valence electrons. The second kappa shape index (κ2) is 29.2. The number of likely N-dealkylation sites (N-methyl/N-ethyl adjacent to an activating group) is 2. The van der Waals surface area contributed by atoms with Crippen molar-refractivity contribution in [2.24, 2.45) is 0 Å². The number of fused-ring (bicyclic) bond motifs is 2. The van der Waals surface area contributed by atoms with Crippen molar-refractivity contribution in [3.8, 4) is 11.1 Å². The van der Waals surface area contributed by atoms with Gasteiger partial charge in [-0.3, -0.25) is 29.4 Å². The lowest BCUT2D eigenvalue weighted by atomic mass is 9.72. The summed E-state index contributed by atoms with van der Waals surface area (Å²) in [6, 6.07) is 39.4. The maximum Gasteiger partial charge on any atom is 0.411 e. The Morgan fingerprint density at radius 3 is 2.19 bits per heavy atom. The van der Waals surface area contributed by atoms with Crippen molar-refractivity contribution in [2.45, 2.75) is 100 Å². The first-order chi connectivity index (χ1) is 40.7. The van der Waals surface area contributed by atoms with Gasteiger partial charge in [-0.25, -0.2) is 9.18 Å². The topological polar surface area (TPSA) is 177 Å². The first-order valence-corrected chi connectivity index (χ1v) is 29.8. The van der Waals surface area contributed by atoms with Gasteiger partial charge in [-0.05, 0) is 143 Å². The molecule has 1 aliphatic carbocycles. The summed E-state index contributed by atoms with van der Waals surface area (Å²) >= 11 is 0. The number of hydrogen-bond acceptors (Lipinski definition) is 12. The van der Waals surface area contributed by atoms with Crippen molar-refractivity contribution in [2.75, 3.05) is 111 Å². The number of amides is 5. The molecule has 3 aliphatic heterocycles. The molecule has 4 aliphatic rings. The molecule has 17 nitrogen and oxygen atoms in total. The molecule has 3 heterocycles. The van der Waals surface area contributed by atoms with Crippen molar-refractivity contribution in [1.29, 1.82) is 0 Å². The standard InChI is InChI=1S/C66H83FN8O9/c1-70(62(79)45-82-59-44-51-16-7-9-18-57(51)65(59)32-39-74(40-33-65)41-34-66(46-75(47-76)48-83-66)52-24-26-53(67)27-25-52)35-13-36-72(3)63(80)50-22-28-54(29-23-50)68-60(77)20-11-12-21-61(78)71(2)42-43-73-37-30-55(31-38-73)84-64(81)69-58-19-10-8-17-56(58)49-14-5-4-6-15-49/h4-10,14-19,22-29,47,55,59,62,79H,11-13,20-21,30-46,48H2,1-3H3,(H,68,77)(H,69,81)/t59-,62?,66-/m0/s1. The van der Waals surface area contributed by atoms with Crippen LogP contribution >= 0.6 is 0 Å². The number of rotatable bonds is 26. The Balaban J connectivity index is 0.624. The molecule has 0 radical (unpaired) electrons. The zero-order valence-electron chi connectivity index (χ0n) is 49.0. The predicted octanol–water partition coefficient (Wildman–Crippen LogP) is 8.58. The van der Waals surface area contributed by atoms with Gasteiger partial charge in [-0.1, -0.05) is 84.9 Å². The lowest BCUT2D eigenvalue weighted by Crippen LogP contribution is -2.50. The number of likely N-dealkylation sites (tertiary alicyclic amines) is 2. The number of piperidine rings is 2. The van der Waals surface area contributed by atoms with Crippen LogP contribution in [0, 0.1) is 5.82 Å². The normalized spacial score (nSPS) is 19.2. The molecule has 9 rings (SSSR count). The predicted molar refractivity (Wildman–Crippen MR) is 321 cm³/mol. The van der Waals surface area contributed by atoms with Crippen LogP contribution < -0.4 is 10.6 Å². The molecule has 18 heteroatoms. The molecule has 0 aromatic heterocycles. The highest BCUT2D eigenvalue weighted by Gasteiger charge is 2.50. The van der Waals surface area contributed by atoms with E-state index in [1.54, 1.807) is 58.1 Å². The van der Waals surface area contributed by atoms with Crippen LogP contribution in [-0.4, -0.2) is 183 Å². The Hall–Kier alpha value is -7.06. The smallest absolute Gasteiger partial charge is 0.411 e. The molecule has 0 bridgehead atoms. The van der Waals surface area contributed by atoms with E-state index in [2.05, 4.69) is 44.7 Å². The molecule has 84 heavy (non-hydrogen) atoms. The molecule has 3 saturated heterocycles. The molecule has 5 aromatic carbocycles. The van der Waals surface area contributed by atoms with Gasteiger partial charge in [0.05, 0.1) is 24.9 Å². The zero-order valence-corrected chi connectivity index (χ0v) is 49.0. The molecule has 3 N–H and O–H groups in total. The highest BCUT2D eigenvalue weighted by Crippen LogP contribution is 2.48. The summed E-state index contributed by atoms with van der Waals surface area (Å²) in [5, 5.41) is 17.2. The van der Waals surface area contributed by atoms with E-state index in [9.17, 15) is 33.5 Å². The second-order valence-electron chi connectivity index (χ2n) is 23.2. The molecular formula is C66H83FN8O9. The minimum atomic E-state index is -0.836. The summed E-state index contributed by atoms with van der Waals surface area (Å²) in [7, 11) is 5.43. The SMILES string of the molecule is CN(CCN1CCC(OC(=O)Nc2ccccc2-c2ccccc2)CC1)C(=O)CCCCC(=O)Nc1ccc(C(=O)N(C)CCCN(C)C(O)CO[C@H]2Cc3ccccc3C23CCN(CC[C@@]2(c4ccc(F)cc4)CN(C=O)CO2)CC3)cc1. The zero-order chi connectivity index (χ0) is 59.1. The Labute approximate surface area is 494 Å². The third kappa shape index (κ3) is 15.8. The van der Waals surface area contributed by atoms with E-state index < -0.39 is 17.9 Å². The van der Waals surface area contributed by atoms with Gasteiger partial charge in [0.1, 0.15) is 30.5 Å². The van der Waals surface area contributed by atoms with Gasteiger partial charge in [0.2, 0.25) is 18.2 Å². The van der Waals surface area contributed by atoms with Gasteiger partial charge in [0, 0.05) is 95.0 Å². The first-order valence-electron chi connectivity index (χ1n) is 29.8. The largest absolute Gasteiger partial charge is 0.446 e. The Kier molecular flexibility index (Phi) is 21.3. The summed E-state index contributed by atoms with van der Waals surface area (Å²) in [4.78, 5) is 75.4. The van der Waals surface area contributed by atoms with Crippen LogP contribution in [0.3, 0.4) is 0 Å². The van der Waals surface area contributed by atoms with Gasteiger partial charge < -0.3 is 49.1 Å². The third-order valence-corrected chi connectivity index (χ3v) is 17.6. The quantitative estimate of drug-likeness (QED) is 0.0274. The van der Waals surface area contributed by atoms with Crippen LogP contribution in [-0.2, 0) is 46.0 Å². The number of unbranched alkanes of at least 4 members (excludes halogenated alkanes) is 1. The molecule has 1 unspecified atom stereocenters. The summed E-state index contributed by atoms with van der Waals surface area (Å²) in [5.41, 5.74) is 6.33. The minimum Gasteiger partial charge on any atom is -0.446 e.